The average Bonchev–Trinajstić information content (AvgIpc) is 2.87. The summed E-state index contributed by atoms with van der Waals surface area (Å²) in [6.07, 6.45) is -6.29. The molecule has 0 saturated carbocycles. The van der Waals surface area contributed by atoms with Gasteiger partial charge in [0.05, 0.1) is 16.6 Å². The number of aromatic amines is 1. The lowest BCUT2D eigenvalue weighted by atomic mass is 10.1. The maximum atomic E-state index is 13.6. The number of benzene rings is 2. The zero-order valence-electron chi connectivity index (χ0n) is 11.3. The summed E-state index contributed by atoms with van der Waals surface area (Å²) in [7, 11) is 0. The van der Waals surface area contributed by atoms with Gasteiger partial charge in [0.1, 0.15) is 23.6 Å². The van der Waals surface area contributed by atoms with Crippen LogP contribution < -0.4 is 0 Å². The molecule has 0 aliphatic heterocycles. The number of aliphatic hydroxyl groups excluding tert-OH is 1. The van der Waals surface area contributed by atoms with E-state index in [2.05, 4.69) is 9.97 Å². The molecular formula is C15H9F5N2O. The Morgan fingerprint density at radius 2 is 1.78 bits per heavy atom. The Labute approximate surface area is 126 Å². The molecule has 0 aliphatic carbocycles. The Morgan fingerprint density at radius 1 is 1.04 bits per heavy atom. The molecule has 1 atom stereocenters. The lowest BCUT2D eigenvalue weighted by molar-refractivity contribution is -0.140. The molecule has 0 bridgehead atoms. The molecule has 1 unspecified atom stereocenters. The number of halogens is 5. The summed E-state index contributed by atoms with van der Waals surface area (Å²) in [5.41, 5.74) is -0.838. The first-order valence-corrected chi connectivity index (χ1v) is 6.45. The van der Waals surface area contributed by atoms with Gasteiger partial charge in [-0.3, -0.25) is 0 Å². The van der Waals surface area contributed by atoms with Gasteiger partial charge < -0.3 is 10.1 Å². The van der Waals surface area contributed by atoms with Gasteiger partial charge in [-0.1, -0.05) is 6.07 Å². The van der Waals surface area contributed by atoms with Crippen molar-refractivity contribution in [2.75, 3.05) is 0 Å². The van der Waals surface area contributed by atoms with Gasteiger partial charge in [0.2, 0.25) is 0 Å². The minimum absolute atomic E-state index is 0.0234. The third-order valence-electron chi connectivity index (χ3n) is 3.34. The third-order valence-corrected chi connectivity index (χ3v) is 3.34. The van der Waals surface area contributed by atoms with Crippen molar-refractivity contribution in [1.29, 1.82) is 0 Å². The highest BCUT2D eigenvalue weighted by atomic mass is 19.4. The van der Waals surface area contributed by atoms with E-state index < -0.39 is 29.5 Å². The Kier molecular flexibility index (Phi) is 3.56. The van der Waals surface area contributed by atoms with Crippen LogP contribution in [0.15, 0.2) is 36.4 Å². The fourth-order valence-corrected chi connectivity index (χ4v) is 2.22. The van der Waals surface area contributed by atoms with Crippen LogP contribution in [0.5, 0.6) is 0 Å². The maximum absolute atomic E-state index is 13.6. The number of fused-ring (bicyclic) bond motifs is 1. The van der Waals surface area contributed by atoms with E-state index in [1.807, 2.05) is 0 Å². The highest BCUT2D eigenvalue weighted by Crippen LogP contribution is 2.33. The van der Waals surface area contributed by atoms with Crippen molar-refractivity contribution in [1.82, 2.24) is 9.97 Å². The molecule has 3 nitrogen and oxygen atoms in total. The highest BCUT2D eigenvalue weighted by molar-refractivity contribution is 5.75. The fourth-order valence-electron chi connectivity index (χ4n) is 2.22. The summed E-state index contributed by atoms with van der Waals surface area (Å²) < 4.78 is 64.3. The summed E-state index contributed by atoms with van der Waals surface area (Å²) in [5, 5.41) is 10.1. The van der Waals surface area contributed by atoms with Crippen LogP contribution >= 0.6 is 0 Å². The number of imidazole rings is 1. The quantitative estimate of drug-likeness (QED) is 0.700. The zero-order valence-corrected chi connectivity index (χ0v) is 11.3. The molecule has 0 saturated heterocycles. The number of nitrogens with zero attached hydrogens (tertiary/aromatic N) is 1. The molecule has 0 radical (unpaired) electrons. The van der Waals surface area contributed by atoms with Gasteiger partial charge in [0, 0.05) is 6.07 Å². The van der Waals surface area contributed by atoms with Crippen molar-refractivity contribution in [3.8, 4) is 0 Å². The van der Waals surface area contributed by atoms with E-state index in [0.29, 0.717) is 17.6 Å². The summed E-state index contributed by atoms with van der Waals surface area (Å²) in [6, 6.07) is 5.84. The molecule has 2 aromatic carbocycles. The third kappa shape index (κ3) is 2.89. The van der Waals surface area contributed by atoms with Crippen LogP contribution in [0, 0.1) is 11.6 Å². The van der Waals surface area contributed by atoms with Crippen molar-refractivity contribution in [2.45, 2.75) is 12.3 Å². The highest BCUT2D eigenvalue weighted by Gasteiger charge is 2.34. The van der Waals surface area contributed by atoms with Gasteiger partial charge in [-0.05, 0) is 29.8 Å². The normalized spacial score (nSPS) is 13.5. The number of hydrogen-bond acceptors (Lipinski definition) is 2. The van der Waals surface area contributed by atoms with Crippen molar-refractivity contribution in [3.63, 3.8) is 0 Å². The molecule has 120 valence electrons. The Balaban J connectivity index is 1.98. The molecule has 23 heavy (non-hydrogen) atoms. The molecule has 3 rings (SSSR count). The first kappa shape index (κ1) is 15.4. The molecule has 0 spiro atoms. The van der Waals surface area contributed by atoms with Crippen LogP contribution in [0.25, 0.3) is 11.0 Å². The van der Waals surface area contributed by atoms with Crippen LogP contribution in [-0.2, 0) is 6.18 Å². The molecule has 8 heteroatoms. The van der Waals surface area contributed by atoms with Gasteiger partial charge >= 0.3 is 6.18 Å². The smallest absolute Gasteiger partial charge is 0.380 e. The van der Waals surface area contributed by atoms with Crippen molar-refractivity contribution in [3.05, 3.63) is 65.0 Å². The zero-order chi connectivity index (χ0) is 16.8. The molecule has 0 fully saturated rings. The number of hydrogen-bond donors (Lipinski definition) is 2. The molecule has 3 aromatic rings. The predicted molar refractivity (Wildman–Crippen MR) is 71.5 cm³/mol. The van der Waals surface area contributed by atoms with Gasteiger partial charge in [0.15, 0.2) is 0 Å². The molecule has 2 N–H and O–H groups in total. The minimum Gasteiger partial charge on any atom is -0.380 e. The molecular weight excluding hydrogens is 319 g/mol. The largest absolute Gasteiger partial charge is 0.419 e. The van der Waals surface area contributed by atoms with E-state index in [1.54, 1.807) is 0 Å². The minimum atomic E-state index is -4.82. The Bertz CT molecular complexity index is 872. The average molecular weight is 328 g/mol. The van der Waals surface area contributed by atoms with Crippen LogP contribution in [0.4, 0.5) is 22.0 Å². The summed E-state index contributed by atoms with van der Waals surface area (Å²) in [6.45, 7) is 0. The lowest BCUT2D eigenvalue weighted by Crippen LogP contribution is -2.10. The second-order valence-electron chi connectivity index (χ2n) is 4.92. The van der Waals surface area contributed by atoms with E-state index in [1.165, 1.54) is 12.1 Å². The number of rotatable bonds is 2. The second kappa shape index (κ2) is 5.31. The van der Waals surface area contributed by atoms with E-state index in [9.17, 15) is 27.1 Å². The van der Waals surface area contributed by atoms with E-state index in [0.717, 1.165) is 12.1 Å². The van der Waals surface area contributed by atoms with E-state index >= 15 is 0 Å². The Hall–Kier alpha value is -2.48. The van der Waals surface area contributed by atoms with Crippen LogP contribution in [-0.4, -0.2) is 15.1 Å². The Morgan fingerprint density at radius 3 is 2.43 bits per heavy atom. The van der Waals surface area contributed by atoms with Crippen molar-refractivity contribution >= 4 is 11.0 Å². The monoisotopic (exact) mass is 328 g/mol. The van der Waals surface area contributed by atoms with Crippen molar-refractivity contribution in [2.24, 2.45) is 0 Å². The number of H-pyrrole nitrogens is 1. The van der Waals surface area contributed by atoms with Crippen molar-refractivity contribution < 1.29 is 27.1 Å². The number of nitrogens with one attached hydrogen (secondary N) is 1. The molecule has 0 amide bonds. The lowest BCUT2D eigenvalue weighted by Gasteiger charge is -2.12. The summed E-state index contributed by atoms with van der Waals surface area (Å²) >= 11 is 0. The SMILES string of the molecule is OC(c1ccc(C(F)(F)F)c(F)c1)c1nc2cc(F)ccc2[nH]1. The molecule has 1 aromatic heterocycles. The van der Waals surface area contributed by atoms with Gasteiger partial charge in [-0.15, -0.1) is 0 Å². The van der Waals surface area contributed by atoms with Gasteiger partial charge in [-0.25, -0.2) is 13.8 Å². The fraction of sp³-hybridized carbons (Fsp3) is 0.133. The summed E-state index contributed by atoms with van der Waals surface area (Å²) in [4.78, 5) is 6.67. The van der Waals surface area contributed by atoms with E-state index in [-0.39, 0.29) is 16.9 Å². The number of alkyl halides is 3. The molecule has 1 heterocycles. The predicted octanol–water partition coefficient (Wildman–Crippen LogP) is 3.94. The summed E-state index contributed by atoms with van der Waals surface area (Å²) in [5.74, 6) is -2.04. The first-order valence-electron chi connectivity index (χ1n) is 6.45. The maximum Gasteiger partial charge on any atom is 0.419 e. The van der Waals surface area contributed by atoms with Crippen LogP contribution in [0.2, 0.25) is 0 Å². The van der Waals surface area contributed by atoms with Gasteiger partial charge in [0.25, 0.3) is 0 Å². The molecule has 0 aliphatic rings. The van der Waals surface area contributed by atoms with Crippen LogP contribution in [0.1, 0.15) is 23.1 Å². The van der Waals surface area contributed by atoms with E-state index in [4.69, 9.17) is 0 Å². The first-order chi connectivity index (χ1) is 10.8. The van der Waals surface area contributed by atoms with Gasteiger partial charge in [-0.2, -0.15) is 13.2 Å². The number of aliphatic hydroxyl groups is 1. The van der Waals surface area contributed by atoms with Crippen LogP contribution in [0.3, 0.4) is 0 Å². The standard InChI is InChI=1S/C15H9F5N2O/c16-8-2-4-11-12(6-8)22-14(21-11)13(23)7-1-3-9(10(17)5-7)15(18,19)20/h1-6,13,23H,(H,21,22). The number of aromatic nitrogens is 2. The second-order valence-corrected chi connectivity index (χ2v) is 4.92. The topological polar surface area (TPSA) is 48.9 Å².